The molecule has 0 fully saturated rings. The molecular weight excluding hydrogens is 327 g/mol. The van der Waals surface area contributed by atoms with Crippen LogP contribution in [0.2, 0.25) is 12.1 Å². The van der Waals surface area contributed by atoms with Crippen molar-refractivity contribution in [2.75, 3.05) is 58.9 Å². The largest absolute Gasteiger partial charge is 0.348 e. The quantitative estimate of drug-likeness (QED) is 0.184. The lowest BCUT2D eigenvalue weighted by molar-refractivity contribution is 0.353. The number of rotatable bonds is 19. The van der Waals surface area contributed by atoms with Crippen molar-refractivity contribution in [3.8, 4) is 0 Å². The van der Waals surface area contributed by atoms with Crippen LogP contribution in [-0.4, -0.2) is 126 Å². The van der Waals surface area contributed by atoms with E-state index in [-0.39, 0.29) is 0 Å². The molecule has 0 saturated heterocycles. The van der Waals surface area contributed by atoms with E-state index in [1.807, 2.05) is 0 Å². The average Bonchev–Trinajstić information content (AvgIpc) is 2.63. The fraction of sp³-hybridized carbons (Fsp3) is 1.00. The molecule has 1 atom stereocenters. The Morgan fingerprint density at radius 2 is 1.07 bits per heavy atom. The van der Waals surface area contributed by atoms with E-state index >= 15 is 0 Å². The lowest BCUT2D eigenvalue weighted by atomic mass is 9.80. The third kappa shape index (κ3) is 18.0. The van der Waals surface area contributed by atoms with Crippen molar-refractivity contribution in [1.29, 1.82) is 0 Å². The van der Waals surface area contributed by atoms with E-state index in [9.17, 15) is 0 Å². The predicted octanol–water partition coefficient (Wildman–Crippen LogP) is -4.23. The molecule has 2 N–H and O–H groups in total. The molecule has 0 aromatic rings. The molecule has 27 heavy (non-hydrogen) atoms. The number of unbranched alkanes of at least 4 members (excludes halogenated alkanes) is 1. The van der Waals surface area contributed by atoms with Crippen LogP contribution in [0.4, 0.5) is 0 Å². The molecule has 0 aliphatic carbocycles. The molecule has 0 aliphatic rings. The lowest BCUT2D eigenvalue weighted by Crippen LogP contribution is -2.35. The minimum atomic E-state index is 0.751. The molecule has 0 saturated carbocycles. The molecule has 152 valence electrons. The second-order valence-corrected chi connectivity index (χ2v) is 8.74. The summed E-state index contributed by atoms with van der Waals surface area (Å²) < 4.78 is 0. The highest BCUT2D eigenvalue weighted by Gasteiger charge is 2.07. The molecule has 0 rings (SSSR count). The number of hydrogen-bond acceptors (Lipinski definition) is 5. The Hall–Kier alpha value is 0.190. The third-order valence-electron chi connectivity index (χ3n) is 5.62. The second kappa shape index (κ2) is 18.2. The zero-order chi connectivity index (χ0) is 20.5. The van der Waals surface area contributed by atoms with Gasteiger partial charge in [-0.3, -0.25) is 0 Å². The highest BCUT2D eigenvalue weighted by molar-refractivity contribution is 6.11. The van der Waals surface area contributed by atoms with Crippen LogP contribution in [0.3, 0.4) is 0 Å². The van der Waals surface area contributed by atoms with E-state index in [1.54, 1.807) is 0 Å². The first-order valence-electron chi connectivity index (χ1n) is 11.3. The highest BCUT2D eigenvalue weighted by atomic mass is 15.1. The fourth-order valence-corrected chi connectivity index (χ4v) is 3.28. The van der Waals surface area contributed by atoms with Gasteiger partial charge in [-0.2, -0.15) is 0 Å². The van der Waals surface area contributed by atoms with Crippen molar-refractivity contribution in [3.63, 3.8) is 0 Å². The molecule has 0 bridgehead atoms. The minimum absolute atomic E-state index is 0.751. The minimum Gasteiger partial charge on any atom is -0.348 e. The van der Waals surface area contributed by atoms with E-state index in [4.69, 9.17) is 5.73 Å². The first-order valence-corrected chi connectivity index (χ1v) is 11.3. The topological polar surface area (TPSA) is 39.0 Å². The predicted molar refractivity (Wildman–Crippen MR) is 138 cm³/mol. The fourth-order valence-electron chi connectivity index (χ4n) is 3.28. The second-order valence-electron chi connectivity index (χ2n) is 8.74. The van der Waals surface area contributed by atoms with Gasteiger partial charge in [0.25, 0.3) is 0 Å². The summed E-state index contributed by atoms with van der Waals surface area (Å²) in [6, 6.07) is 0. The van der Waals surface area contributed by atoms with Crippen molar-refractivity contribution in [1.82, 2.24) is 19.2 Å². The number of nitrogens with two attached hydrogens (primary N) is 1. The van der Waals surface area contributed by atoms with Crippen LogP contribution >= 0.6 is 0 Å². The summed E-state index contributed by atoms with van der Waals surface area (Å²) in [7, 11) is 13.6. The van der Waals surface area contributed by atoms with Gasteiger partial charge in [-0.05, 0) is 71.6 Å². The summed E-state index contributed by atoms with van der Waals surface area (Å²) in [6.45, 7) is 10.1. The van der Waals surface area contributed by atoms with E-state index < -0.39 is 0 Å². The normalized spacial score (nSPS) is 13.2. The summed E-state index contributed by atoms with van der Waals surface area (Å²) in [5, 5.41) is 0. The Labute approximate surface area is 176 Å². The monoisotopic (exact) mass is 373 g/mol. The maximum atomic E-state index is 5.60. The molecule has 0 amide bonds. The smallest absolute Gasteiger partial charge is 0.185 e. The van der Waals surface area contributed by atoms with Crippen LogP contribution in [0.1, 0.15) is 32.1 Å². The Morgan fingerprint density at radius 1 is 0.593 bits per heavy atom. The first kappa shape index (κ1) is 27.2. The molecule has 0 aromatic carbocycles. The summed E-state index contributed by atoms with van der Waals surface area (Å²) in [4.78, 5) is 9.76. The van der Waals surface area contributed by atoms with Crippen LogP contribution in [0.25, 0.3) is 0 Å². The highest BCUT2D eigenvalue weighted by Crippen LogP contribution is 2.14. The molecule has 0 spiro atoms. The summed E-state index contributed by atoms with van der Waals surface area (Å²) >= 11 is 0. The van der Waals surface area contributed by atoms with Crippen LogP contribution in [0, 0.1) is 0 Å². The van der Waals surface area contributed by atoms with E-state index in [0.29, 0.717) is 0 Å². The Balaban J connectivity index is 3.64. The van der Waals surface area contributed by atoms with Gasteiger partial charge in [-0.1, -0.05) is 25.0 Å². The van der Waals surface area contributed by atoms with Gasteiger partial charge >= 0.3 is 0 Å². The number of nitrogens with zero attached hydrogens (tertiary/aromatic N) is 4. The van der Waals surface area contributed by atoms with Crippen LogP contribution in [0.5, 0.6) is 0 Å². The van der Waals surface area contributed by atoms with Crippen molar-refractivity contribution in [2.45, 2.75) is 44.2 Å². The van der Waals surface area contributed by atoms with E-state index in [1.165, 1.54) is 71.1 Å². The van der Waals surface area contributed by atoms with E-state index in [0.717, 1.165) is 32.0 Å². The molecule has 0 aromatic heterocycles. The van der Waals surface area contributed by atoms with Crippen molar-refractivity contribution < 1.29 is 0 Å². The summed E-state index contributed by atoms with van der Waals surface area (Å²) in [6.07, 6.45) is 7.98. The lowest BCUT2D eigenvalue weighted by Gasteiger charge is -2.24. The van der Waals surface area contributed by atoms with Gasteiger partial charge in [0.2, 0.25) is 0 Å². The zero-order valence-electron chi connectivity index (χ0n) is 19.6. The van der Waals surface area contributed by atoms with Gasteiger partial charge in [0.05, 0.1) is 0 Å². The molecule has 0 radical (unpaired) electrons. The standard InChI is InChI=1S/C16H45B6N5/c17-6-1-2-8-24(19)12-13-25(20)9-3-4-16(18)5-10-26(21)14-15-27(22)11-7-23/h16H,1-15,17-23H2. The average molecular weight is 372 g/mol. The number of hydrogen-bond donors (Lipinski definition) is 1. The van der Waals surface area contributed by atoms with Crippen molar-refractivity contribution in [3.05, 3.63) is 0 Å². The molecule has 1 unspecified atom stereocenters. The molecule has 5 nitrogen and oxygen atoms in total. The van der Waals surface area contributed by atoms with Gasteiger partial charge in [0, 0.05) is 6.54 Å². The summed E-state index contributed by atoms with van der Waals surface area (Å²) in [5.74, 6) is 0.819. The molecule has 11 heteroatoms. The molecular formula is C16H45B6N5. The van der Waals surface area contributed by atoms with Crippen molar-refractivity contribution in [2.24, 2.45) is 5.73 Å². The van der Waals surface area contributed by atoms with E-state index in [2.05, 4.69) is 66.9 Å². The molecule has 0 heterocycles. The van der Waals surface area contributed by atoms with Gasteiger partial charge < -0.3 is 25.0 Å². The van der Waals surface area contributed by atoms with Gasteiger partial charge in [0.15, 0.2) is 31.9 Å². The summed E-state index contributed by atoms with van der Waals surface area (Å²) in [5.41, 5.74) is 5.60. The maximum absolute atomic E-state index is 5.60. The van der Waals surface area contributed by atoms with Crippen LogP contribution in [0.15, 0.2) is 0 Å². The molecule has 0 aliphatic heterocycles. The van der Waals surface area contributed by atoms with Crippen LogP contribution in [-0.2, 0) is 0 Å². The van der Waals surface area contributed by atoms with Gasteiger partial charge in [-0.25, -0.2) is 0 Å². The first-order chi connectivity index (χ1) is 12.9. The van der Waals surface area contributed by atoms with Gasteiger partial charge in [-0.15, -0.1) is 0 Å². The van der Waals surface area contributed by atoms with Crippen LogP contribution < -0.4 is 5.73 Å². The third-order valence-corrected chi connectivity index (χ3v) is 5.62. The maximum Gasteiger partial charge on any atom is 0.185 e. The SMILES string of the molecule is BCCCCN(B)CCN(B)CCCC(B)CCN(B)CCN(B)CCN. The Bertz CT molecular complexity index is 332. The Kier molecular flexibility index (Phi) is 18.4. The Morgan fingerprint density at radius 3 is 1.59 bits per heavy atom. The van der Waals surface area contributed by atoms with Crippen molar-refractivity contribution >= 4 is 47.6 Å². The zero-order valence-corrected chi connectivity index (χ0v) is 19.6. The van der Waals surface area contributed by atoms with Gasteiger partial charge in [0.1, 0.15) is 15.7 Å².